The molecule has 2 fully saturated rings. The van der Waals surface area contributed by atoms with Gasteiger partial charge in [0.2, 0.25) is 0 Å². The minimum atomic E-state index is 0.194. The summed E-state index contributed by atoms with van der Waals surface area (Å²) in [6.45, 7) is 0. The molecule has 0 amide bonds. The fourth-order valence-corrected chi connectivity index (χ4v) is 3.27. The Morgan fingerprint density at radius 3 is 2.71 bits per heavy atom. The lowest BCUT2D eigenvalue weighted by atomic mass is 9.93. The summed E-state index contributed by atoms with van der Waals surface area (Å²) in [6.07, 6.45) is 3.56. The molecule has 2 bridgehead atoms. The van der Waals surface area contributed by atoms with Gasteiger partial charge in [-0.3, -0.25) is 0 Å². The van der Waals surface area contributed by atoms with E-state index < -0.39 is 0 Å². The summed E-state index contributed by atoms with van der Waals surface area (Å²) in [5.41, 5.74) is 1.96. The molecule has 2 saturated carbocycles. The maximum absolute atomic E-state index is 9.11. The van der Waals surface area contributed by atoms with E-state index in [2.05, 4.69) is 10.5 Å². The average Bonchev–Trinajstić information content (AvgIpc) is 2.92. The Kier molecular flexibility index (Phi) is 2.71. The van der Waals surface area contributed by atoms with E-state index in [0.29, 0.717) is 11.8 Å². The number of rotatable bonds is 2. The molecule has 17 heavy (non-hydrogen) atoms. The van der Waals surface area contributed by atoms with Crippen molar-refractivity contribution in [3.8, 4) is 0 Å². The highest BCUT2D eigenvalue weighted by molar-refractivity contribution is 6.30. The summed E-state index contributed by atoms with van der Waals surface area (Å²) in [6, 6.07) is 7.85. The smallest absolute Gasteiger partial charge is 0.0826 e. The lowest BCUT2D eigenvalue weighted by Gasteiger charge is -2.24. The molecule has 1 aromatic rings. The van der Waals surface area contributed by atoms with Crippen molar-refractivity contribution in [2.75, 3.05) is 5.32 Å². The van der Waals surface area contributed by atoms with Crippen molar-refractivity contribution in [3.63, 3.8) is 0 Å². The summed E-state index contributed by atoms with van der Waals surface area (Å²) < 4.78 is 0. The molecule has 4 heteroatoms. The van der Waals surface area contributed by atoms with Gasteiger partial charge in [-0.2, -0.15) is 0 Å². The van der Waals surface area contributed by atoms with Crippen molar-refractivity contribution in [1.29, 1.82) is 0 Å². The Labute approximate surface area is 105 Å². The van der Waals surface area contributed by atoms with Gasteiger partial charge in [0.25, 0.3) is 0 Å². The van der Waals surface area contributed by atoms with E-state index in [1.54, 1.807) is 0 Å². The van der Waals surface area contributed by atoms with Crippen molar-refractivity contribution < 1.29 is 5.21 Å². The predicted molar refractivity (Wildman–Crippen MR) is 68.9 cm³/mol. The minimum absolute atomic E-state index is 0.194. The molecule has 0 saturated heterocycles. The van der Waals surface area contributed by atoms with Crippen LogP contribution in [0.25, 0.3) is 0 Å². The van der Waals surface area contributed by atoms with E-state index in [1.165, 1.54) is 12.8 Å². The van der Waals surface area contributed by atoms with Gasteiger partial charge in [-0.25, -0.2) is 0 Å². The molecule has 1 aromatic carbocycles. The molecule has 3 nitrogen and oxygen atoms in total. The van der Waals surface area contributed by atoms with Gasteiger partial charge in [-0.1, -0.05) is 16.8 Å². The largest absolute Gasteiger partial charge is 0.411 e. The van der Waals surface area contributed by atoms with Gasteiger partial charge in [0.15, 0.2) is 0 Å². The van der Waals surface area contributed by atoms with Crippen LogP contribution in [0.2, 0.25) is 5.02 Å². The average molecular weight is 251 g/mol. The third-order valence-electron chi connectivity index (χ3n) is 3.96. The molecule has 3 atom stereocenters. The number of fused-ring (bicyclic) bond motifs is 2. The molecule has 2 aliphatic rings. The maximum Gasteiger partial charge on any atom is 0.0826 e. The number of nitrogens with one attached hydrogen (secondary N) is 1. The first-order chi connectivity index (χ1) is 8.28. The molecule has 0 radical (unpaired) electrons. The lowest BCUT2D eigenvalue weighted by molar-refractivity contribution is 0.312. The van der Waals surface area contributed by atoms with Crippen LogP contribution in [0.1, 0.15) is 19.3 Å². The Bertz CT molecular complexity index is 443. The molecule has 90 valence electrons. The van der Waals surface area contributed by atoms with Gasteiger partial charge in [-0.15, -0.1) is 0 Å². The summed E-state index contributed by atoms with van der Waals surface area (Å²) in [5.74, 6) is 1.09. The third-order valence-corrected chi connectivity index (χ3v) is 4.22. The normalized spacial score (nSPS) is 33.2. The van der Waals surface area contributed by atoms with Gasteiger partial charge < -0.3 is 10.5 Å². The molecular formula is C13H15ClN2O. The highest BCUT2D eigenvalue weighted by atomic mass is 35.5. The quantitative estimate of drug-likeness (QED) is 0.624. The first-order valence-electron chi connectivity index (χ1n) is 6.02. The molecule has 2 N–H and O–H groups in total. The second kappa shape index (κ2) is 4.22. The molecular weight excluding hydrogens is 236 g/mol. The summed E-state index contributed by atoms with van der Waals surface area (Å²) in [5, 5.41) is 16.8. The van der Waals surface area contributed by atoms with E-state index in [1.807, 2.05) is 24.3 Å². The molecule has 3 rings (SSSR count). The molecule has 0 unspecified atom stereocenters. The molecule has 2 aliphatic carbocycles. The monoisotopic (exact) mass is 250 g/mol. The second-order valence-electron chi connectivity index (χ2n) is 4.92. The summed E-state index contributed by atoms with van der Waals surface area (Å²) in [4.78, 5) is 0. The number of benzene rings is 1. The van der Waals surface area contributed by atoms with Gasteiger partial charge in [-0.05, 0) is 49.4 Å². The number of hydrogen-bond donors (Lipinski definition) is 2. The Morgan fingerprint density at radius 1 is 1.24 bits per heavy atom. The molecule has 0 heterocycles. The van der Waals surface area contributed by atoms with E-state index in [-0.39, 0.29) is 6.04 Å². The Balaban J connectivity index is 1.79. The van der Waals surface area contributed by atoms with E-state index in [9.17, 15) is 0 Å². The number of nitrogens with zero attached hydrogens (tertiary/aromatic N) is 1. The first-order valence-corrected chi connectivity index (χ1v) is 6.39. The van der Waals surface area contributed by atoms with Crippen LogP contribution in [-0.2, 0) is 0 Å². The Morgan fingerprint density at radius 2 is 2.00 bits per heavy atom. The second-order valence-corrected chi connectivity index (χ2v) is 5.36. The number of anilines is 1. The van der Waals surface area contributed by atoms with Crippen molar-refractivity contribution >= 4 is 23.0 Å². The number of hydrogen-bond acceptors (Lipinski definition) is 3. The van der Waals surface area contributed by atoms with Gasteiger partial charge in [0, 0.05) is 16.6 Å². The van der Waals surface area contributed by atoms with Crippen LogP contribution in [0.4, 0.5) is 5.69 Å². The van der Waals surface area contributed by atoms with Crippen molar-refractivity contribution in [2.45, 2.75) is 25.3 Å². The van der Waals surface area contributed by atoms with Crippen LogP contribution in [0, 0.1) is 11.8 Å². The molecule has 0 aromatic heterocycles. The summed E-state index contributed by atoms with van der Waals surface area (Å²) in [7, 11) is 0. The molecule has 0 spiro atoms. The van der Waals surface area contributed by atoms with Crippen molar-refractivity contribution in [3.05, 3.63) is 29.3 Å². The van der Waals surface area contributed by atoms with Gasteiger partial charge in [0.1, 0.15) is 0 Å². The van der Waals surface area contributed by atoms with Gasteiger partial charge in [0.05, 0.1) is 11.8 Å². The van der Waals surface area contributed by atoms with Crippen LogP contribution in [0.15, 0.2) is 29.4 Å². The zero-order valence-corrected chi connectivity index (χ0v) is 10.2. The third kappa shape index (κ3) is 1.89. The lowest BCUT2D eigenvalue weighted by Crippen LogP contribution is -2.35. The van der Waals surface area contributed by atoms with Gasteiger partial charge >= 0.3 is 0 Å². The summed E-state index contributed by atoms with van der Waals surface area (Å²) >= 11 is 5.86. The number of halogens is 1. The highest BCUT2D eigenvalue weighted by Gasteiger charge is 2.45. The van der Waals surface area contributed by atoms with Crippen LogP contribution >= 0.6 is 11.6 Å². The van der Waals surface area contributed by atoms with E-state index >= 15 is 0 Å². The minimum Gasteiger partial charge on any atom is -0.411 e. The maximum atomic E-state index is 9.11. The Hall–Kier alpha value is -1.22. The topological polar surface area (TPSA) is 44.6 Å². The fourth-order valence-electron chi connectivity index (χ4n) is 3.14. The van der Waals surface area contributed by atoms with E-state index in [4.69, 9.17) is 16.8 Å². The van der Waals surface area contributed by atoms with E-state index in [0.717, 1.165) is 22.8 Å². The standard InChI is InChI=1S/C13H15ClN2O/c14-10-3-5-11(6-4-10)15-12-8-1-2-9(7-8)13(12)16-17/h3-6,8-9,12,15,17H,1-2,7H2/b16-13-/t8-,9-,12-/m0/s1. The van der Waals surface area contributed by atoms with Crippen LogP contribution < -0.4 is 5.32 Å². The first kappa shape index (κ1) is 10.9. The SMILES string of the molecule is O/N=C1/[C@H]2CC[C@@H](C2)[C@@H]1Nc1ccc(Cl)cc1. The van der Waals surface area contributed by atoms with Crippen LogP contribution in [0.5, 0.6) is 0 Å². The van der Waals surface area contributed by atoms with Crippen molar-refractivity contribution in [2.24, 2.45) is 17.0 Å². The van der Waals surface area contributed by atoms with Crippen LogP contribution in [-0.4, -0.2) is 17.0 Å². The zero-order valence-electron chi connectivity index (χ0n) is 9.44. The fraction of sp³-hybridized carbons (Fsp3) is 0.462. The predicted octanol–water partition coefficient (Wildman–Crippen LogP) is 3.38. The molecule has 0 aliphatic heterocycles. The highest BCUT2D eigenvalue weighted by Crippen LogP contribution is 2.43. The zero-order chi connectivity index (χ0) is 11.8. The van der Waals surface area contributed by atoms with Crippen molar-refractivity contribution in [1.82, 2.24) is 0 Å². The number of oxime groups is 1. The van der Waals surface area contributed by atoms with Crippen LogP contribution in [0.3, 0.4) is 0 Å².